The molecule has 9 heteroatoms. The number of alkyl halides is 3. The van der Waals surface area contributed by atoms with Gasteiger partial charge in [0.15, 0.2) is 0 Å². The van der Waals surface area contributed by atoms with E-state index < -0.39 is 16.7 Å². The molecule has 2 rings (SSSR count). The molecular formula is C12H8F3N3O3. The van der Waals surface area contributed by atoms with Crippen molar-refractivity contribution in [1.29, 1.82) is 0 Å². The van der Waals surface area contributed by atoms with Crippen LogP contribution in [0.2, 0.25) is 0 Å². The minimum absolute atomic E-state index is 0.155. The van der Waals surface area contributed by atoms with Crippen LogP contribution in [0.25, 0.3) is 0 Å². The first-order valence-corrected chi connectivity index (χ1v) is 5.53. The molecule has 0 aliphatic rings. The van der Waals surface area contributed by atoms with Gasteiger partial charge in [0.2, 0.25) is 5.88 Å². The van der Waals surface area contributed by atoms with Crippen molar-refractivity contribution in [2.45, 2.75) is 6.18 Å². The van der Waals surface area contributed by atoms with Crippen LogP contribution in [0.5, 0.6) is 11.6 Å². The van der Waals surface area contributed by atoms with E-state index in [1.54, 1.807) is 0 Å². The Balaban J connectivity index is 2.32. The number of halogens is 3. The van der Waals surface area contributed by atoms with Crippen molar-refractivity contribution in [2.24, 2.45) is 0 Å². The number of benzene rings is 1. The highest BCUT2D eigenvalue weighted by molar-refractivity contribution is 5.46. The molecule has 0 fully saturated rings. The fourth-order valence-electron chi connectivity index (χ4n) is 1.53. The lowest BCUT2D eigenvalue weighted by molar-refractivity contribution is -0.384. The average Bonchev–Trinajstić information content (AvgIpc) is 2.37. The van der Waals surface area contributed by atoms with Gasteiger partial charge in [0.25, 0.3) is 5.69 Å². The summed E-state index contributed by atoms with van der Waals surface area (Å²) < 4.78 is 42.8. The first kappa shape index (κ1) is 14.6. The van der Waals surface area contributed by atoms with Crippen LogP contribution in [0.1, 0.15) is 5.56 Å². The first-order chi connectivity index (χ1) is 9.75. The molecule has 1 heterocycles. The second-order valence-electron chi connectivity index (χ2n) is 3.97. The Morgan fingerprint density at radius 2 is 1.95 bits per heavy atom. The number of anilines is 1. The number of hydrogen-bond acceptors (Lipinski definition) is 5. The topological polar surface area (TPSA) is 91.3 Å². The maximum absolute atomic E-state index is 12.6. The van der Waals surface area contributed by atoms with E-state index in [-0.39, 0.29) is 23.1 Å². The van der Waals surface area contributed by atoms with E-state index >= 15 is 0 Å². The number of ether oxygens (including phenoxy) is 1. The molecule has 1 aromatic heterocycles. The van der Waals surface area contributed by atoms with Gasteiger partial charge in [-0.05, 0) is 18.2 Å². The van der Waals surface area contributed by atoms with Crippen molar-refractivity contribution >= 4 is 11.5 Å². The molecule has 0 saturated heterocycles. The van der Waals surface area contributed by atoms with Crippen molar-refractivity contribution in [1.82, 2.24) is 4.98 Å². The Hall–Kier alpha value is -2.84. The van der Waals surface area contributed by atoms with Crippen LogP contribution in [-0.2, 0) is 6.18 Å². The second kappa shape index (κ2) is 5.27. The molecule has 2 N–H and O–H groups in total. The van der Waals surface area contributed by atoms with E-state index in [1.807, 2.05) is 0 Å². The van der Waals surface area contributed by atoms with Gasteiger partial charge in [-0.1, -0.05) is 6.07 Å². The minimum Gasteiger partial charge on any atom is -0.439 e. The van der Waals surface area contributed by atoms with Gasteiger partial charge in [-0.25, -0.2) is 0 Å². The summed E-state index contributed by atoms with van der Waals surface area (Å²) in [4.78, 5) is 13.6. The molecule has 0 aliphatic carbocycles. The Morgan fingerprint density at radius 3 is 2.57 bits per heavy atom. The van der Waals surface area contributed by atoms with Crippen LogP contribution in [0.15, 0.2) is 36.4 Å². The Kier molecular flexibility index (Phi) is 3.66. The summed E-state index contributed by atoms with van der Waals surface area (Å²) in [7, 11) is 0. The molecule has 1 aromatic carbocycles. The number of nitrogens with zero attached hydrogens (tertiary/aromatic N) is 2. The maximum atomic E-state index is 12.6. The van der Waals surface area contributed by atoms with Crippen molar-refractivity contribution in [3.05, 3.63) is 52.1 Å². The molecule has 0 aliphatic heterocycles. The van der Waals surface area contributed by atoms with E-state index in [2.05, 4.69) is 4.98 Å². The predicted octanol–water partition coefficient (Wildman–Crippen LogP) is 3.38. The molecule has 0 saturated carbocycles. The smallest absolute Gasteiger partial charge is 0.416 e. The van der Waals surface area contributed by atoms with Crippen LogP contribution in [-0.4, -0.2) is 9.91 Å². The van der Waals surface area contributed by atoms with Crippen LogP contribution in [0.4, 0.5) is 24.7 Å². The van der Waals surface area contributed by atoms with Crippen molar-refractivity contribution in [3.8, 4) is 11.6 Å². The van der Waals surface area contributed by atoms with E-state index in [1.165, 1.54) is 6.07 Å². The zero-order valence-corrected chi connectivity index (χ0v) is 10.3. The quantitative estimate of drug-likeness (QED) is 0.693. The highest BCUT2D eigenvalue weighted by atomic mass is 19.4. The first-order valence-electron chi connectivity index (χ1n) is 5.53. The van der Waals surface area contributed by atoms with Gasteiger partial charge in [-0.3, -0.25) is 10.1 Å². The van der Waals surface area contributed by atoms with Crippen molar-refractivity contribution in [3.63, 3.8) is 0 Å². The summed E-state index contributed by atoms with van der Waals surface area (Å²) >= 11 is 0. The number of nitrogen functional groups attached to an aromatic ring is 1. The zero-order chi connectivity index (χ0) is 15.6. The van der Waals surface area contributed by atoms with Gasteiger partial charge >= 0.3 is 6.18 Å². The van der Waals surface area contributed by atoms with Gasteiger partial charge in [0.1, 0.15) is 11.6 Å². The molecule has 6 nitrogen and oxygen atoms in total. The number of rotatable bonds is 3. The standard InChI is InChI=1S/C12H8F3N3O3/c13-12(14,15)7-2-1-3-9(4-7)21-11-6-8(18(19)20)5-10(16)17-11/h1-6H,(H2,16,17). The van der Waals surface area contributed by atoms with E-state index in [0.717, 1.165) is 30.3 Å². The third-order valence-corrected chi connectivity index (χ3v) is 2.40. The summed E-state index contributed by atoms with van der Waals surface area (Å²) in [5, 5.41) is 10.7. The Labute approximate surface area is 116 Å². The number of pyridine rings is 1. The number of nitro groups is 1. The summed E-state index contributed by atoms with van der Waals surface area (Å²) in [5.74, 6) is -0.593. The second-order valence-corrected chi connectivity index (χ2v) is 3.97. The lowest BCUT2D eigenvalue weighted by atomic mass is 10.2. The van der Waals surface area contributed by atoms with Gasteiger partial charge in [-0.2, -0.15) is 18.2 Å². The van der Waals surface area contributed by atoms with E-state index in [0.29, 0.717) is 0 Å². The molecule has 0 atom stereocenters. The summed E-state index contributed by atoms with van der Waals surface area (Å²) in [6.45, 7) is 0. The van der Waals surface area contributed by atoms with Gasteiger partial charge < -0.3 is 10.5 Å². The lowest BCUT2D eigenvalue weighted by Crippen LogP contribution is -2.04. The lowest BCUT2D eigenvalue weighted by Gasteiger charge is -2.09. The average molecular weight is 299 g/mol. The largest absolute Gasteiger partial charge is 0.439 e. The van der Waals surface area contributed by atoms with Gasteiger partial charge in [0.05, 0.1) is 22.6 Å². The molecule has 0 spiro atoms. The summed E-state index contributed by atoms with van der Waals surface area (Å²) in [6.07, 6.45) is -4.52. The van der Waals surface area contributed by atoms with Crippen LogP contribution in [0, 0.1) is 10.1 Å². The summed E-state index contributed by atoms with van der Waals surface area (Å²) in [5.41, 5.74) is 4.10. The highest BCUT2D eigenvalue weighted by Crippen LogP contribution is 2.33. The van der Waals surface area contributed by atoms with Gasteiger partial charge in [0, 0.05) is 0 Å². The van der Waals surface area contributed by atoms with E-state index in [9.17, 15) is 23.3 Å². The monoisotopic (exact) mass is 299 g/mol. The van der Waals surface area contributed by atoms with Crippen molar-refractivity contribution in [2.75, 3.05) is 5.73 Å². The predicted molar refractivity (Wildman–Crippen MR) is 66.8 cm³/mol. The van der Waals surface area contributed by atoms with Crippen LogP contribution in [0.3, 0.4) is 0 Å². The van der Waals surface area contributed by atoms with E-state index in [4.69, 9.17) is 10.5 Å². The Morgan fingerprint density at radius 1 is 1.24 bits per heavy atom. The Bertz CT molecular complexity index is 689. The molecule has 21 heavy (non-hydrogen) atoms. The van der Waals surface area contributed by atoms with Crippen LogP contribution >= 0.6 is 0 Å². The molecule has 110 valence electrons. The third kappa shape index (κ3) is 3.59. The molecule has 0 radical (unpaired) electrons. The van der Waals surface area contributed by atoms with Crippen LogP contribution < -0.4 is 10.5 Å². The molecule has 2 aromatic rings. The molecular weight excluding hydrogens is 291 g/mol. The van der Waals surface area contributed by atoms with Crippen molar-refractivity contribution < 1.29 is 22.8 Å². The fourth-order valence-corrected chi connectivity index (χ4v) is 1.53. The number of aromatic nitrogens is 1. The number of nitrogens with two attached hydrogens (primary N) is 1. The fraction of sp³-hybridized carbons (Fsp3) is 0.0833. The molecule has 0 bridgehead atoms. The normalized spacial score (nSPS) is 11.2. The minimum atomic E-state index is -4.52. The number of hydrogen-bond donors (Lipinski definition) is 1. The zero-order valence-electron chi connectivity index (χ0n) is 10.3. The molecule has 0 amide bonds. The SMILES string of the molecule is Nc1cc([N+](=O)[O-])cc(Oc2cccc(C(F)(F)F)c2)n1. The third-order valence-electron chi connectivity index (χ3n) is 2.40. The highest BCUT2D eigenvalue weighted by Gasteiger charge is 2.30. The summed E-state index contributed by atoms with van der Waals surface area (Å²) in [6, 6.07) is 6.04. The molecule has 0 unspecified atom stereocenters. The van der Waals surface area contributed by atoms with Gasteiger partial charge in [-0.15, -0.1) is 0 Å². The maximum Gasteiger partial charge on any atom is 0.416 e.